The van der Waals surface area contributed by atoms with Crippen LogP contribution in [0, 0.1) is 0 Å². The largest absolute Gasteiger partial charge is 0.360 e. The second-order valence-electron chi connectivity index (χ2n) is 2.00. The summed E-state index contributed by atoms with van der Waals surface area (Å²) in [6.07, 6.45) is 0. The van der Waals surface area contributed by atoms with E-state index >= 15 is 0 Å². The molecule has 0 spiro atoms. The van der Waals surface area contributed by atoms with Gasteiger partial charge in [0.25, 0.3) is 0 Å². The first kappa shape index (κ1) is 11.0. The minimum Gasteiger partial charge on any atom is -0.360 e. The minimum atomic E-state index is -0.0955. The summed E-state index contributed by atoms with van der Waals surface area (Å²) in [7, 11) is 0.991. The Balaban J connectivity index is 2.65. The third-order valence-corrected chi connectivity index (χ3v) is 8.29. The van der Waals surface area contributed by atoms with Crippen LogP contribution in [-0.4, -0.2) is 45.7 Å². The summed E-state index contributed by atoms with van der Waals surface area (Å²) in [5.41, 5.74) is 0. The van der Waals surface area contributed by atoms with Gasteiger partial charge < -0.3 is 13.9 Å². The van der Waals surface area contributed by atoms with Crippen LogP contribution in [0.5, 0.6) is 0 Å². The summed E-state index contributed by atoms with van der Waals surface area (Å²) in [6, 6.07) is 1.23. The van der Waals surface area contributed by atoms with Gasteiger partial charge in [-0.05, 0) is 6.04 Å². The van der Waals surface area contributed by atoms with E-state index in [2.05, 4.69) is 13.9 Å². The van der Waals surface area contributed by atoms with Crippen LogP contribution in [0.15, 0.2) is 0 Å². The van der Waals surface area contributed by atoms with Crippen LogP contribution in [0.25, 0.3) is 0 Å². The lowest BCUT2D eigenvalue weighted by molar-refractivity contribution is 1.34. The third-order valence-electron chi connectivity index (χ3n) is 1.04. The Hall–Kier alpha value is 1.04. The van der Waals surface area contributed by atoms with E-state index < -0.39 is 0 Å². The van der Waals surface area contributed by atoms with Crippen LogP contribution in [0.4, 0.5) is 0 Å². The SMILES string of the molecule is [SiH3]N[SiH2]N[SiH2]N[SiH2]CCCl. The topological polar surface area (TPSA) is 36.1 Å². The van der Waals surface area contributed by atoms with Crippen molar-refractivity contribution in [1.82, 2.24) is 13.9 Å². The Morgan fingerprint density at radius 2 is 2.10 bits per heavy atom. The van der Waals surface area contributed by atoms with Crippen molar-refractivity contribution in [2.45, 2.75) is 6.04 Å². The van der Waals surface area contributed by atoms with Crippen molar-refractivity contribution in [3.63, 3.8) is 0 Å². The van der Waals surface area contributed by atoms with Gasteiger partial charge in [0.05, 0.1) is 20.1 Å². The quantitative estimate of drug-likeness (QED) is 0.235. The molecule has 0 saturated heterocycles. The highest BCUT2D eigenvalue weighted by molar-refractivity contribution is 6.57. The summed E-state index contributed by atoms with van der Waals surface area (Å²) >= 11 is 5.53. The number of rotatable bonds is 7. The Kier molecular flexibility index (Phi) is 11.1. The molecule has 0 aliphatic rings. The molecule has 10 heavy (non-hydrogen) atoms. The van der Waals surface area contributed by atoms with Gasteiger partial charge >= 0.3 is 0 Å². The number of hydrogen-bond acceptors (Lipinski definition) is 3. The second kappa shape index (κ2) is 10.0. The zero-order valence-electron chi connectivity index (χ0n) is 6.41. The fraction of sp³-hybridized carbons (Fsp3) is 1.00. The normalized spacial score (nSPS) is 14.1. The van der Waals surface area contributed by atoms with Crippen LogP contribution in [0.1, 0.15) is 0 Å². The van der Waals surface area contributed by atoms with Gasteiger partial charge in [0.2, 0.25) is 0 Å². The number of alkyl halides is 1. The summed E-state index contributed by atoms with van der Waals surface area (Å²) in [5, 5.41) is 0. The smallest absolute Gasteiger partial charge is 0.154 e. The molecule has 0 atom stereocenters. The van der Waals surface area contributed by atoms with E-state index in [0.717, 1.165) is 16.3 Å². The zero-order valence-corrected chi connectivity index (χ0v) is 13.4. The van der Waals surface area contributed by atoms with E-state index in [9.17, 15) is 0 Å². The Bertz CT molecular complexity index is 58.5. The molecule has 0 aliphatic heterocycles. The van der Waals surface area contributed by atoms with Crippen LogP contribution in [-0.2, 0) is 0 Å². The molecule has 0 rings (SSSR count). The van der Waals surface area contributed by atoms with Crippen molar-refractivity contribution in [2.24, 2.45) is 0 Å². The number of hydrogen-bond donors (Lipinski definition) is 3. The van der Waals surface area contributed by atoms with Crippen LogP contribution in [0.3, 0.4) is 0 Å². The van der Waals surface area contributed by atoms with Crippen molar-refractivity contribution in [3.8, 4) is 0 Å². The van der Waals surface area contributed by atoms with Gasteiger partial charge in [-0.25, -0.2) is 0 Å². The Morgan fingerprint density at radius 1 is 1.30 bits per heavy atom. The average Bonchev–Trinajstić information content (AvgIpc) is 1.97. The van der Waals surface area contributed by atoms with Gasteiger partial charge in [-0.1, -0.05) is 0 Å². The maximum atomic E-state index is 5.53. The highest BCUT2D eigenvalue weighted by atomic mass is 35.5. The molecule has 0 aliphatic carbocycles. The fourth-order valence-electron chi connectivity index (χ4n) is 0.556. The molecule has 0 aromatic carbocycles. The van der Waals surface area contributed by atoms with E-state index in [4.69, 9.17) is 11.6 Å². The van der Waals surface area contributed by atoms with Crippen LogP contribution in [0.2, 0.25) is 6.04 Å². The highest BCUT2D eigenvalue weighted by Crippen LogP contribution is 1.78. The second-order valence-corrected chi connectivity index (χ2v) is 11.1. The summed E-state index contributed by atoms with van der Waals surface area (Å²) in [4.78, 5) is 0. The predicted octanol–water partition coefficient (Wildman–Crippen LogP) is -4.23. The van der Waals surface area contributed by atoms with E-state index in [1.807, 2.05) is 0 Å². The molecule has 0 saturated carbocycles. The lowest BCUT2D eigenvalue weighted by atomic mass is 11.0. The molecule has 62 valence electrons. The fourth-order valence-corrected chi connectivity index (χ4v) is 8.85. The predicted molar refractivity (Wildman–Crippen MR) is 60.5 cm³/mol. The Morgan fingerprint density at radius 3 is 2.70 bits per heavy atom. The minimum absolute atomic E-state index is 0.00639. The molecule has 0 amide bonds. The van der Waals surface area contributed by atoms with Crippen molar-refractivity contribution in [2.75, 3.05) is 5.88 Å². The zero-order chi connectivity index (χ0) is 7.66. The first-order chi connectivity index (χ1) is 4.91. The molecular formula is C2H16ClN3Si4. The van der Waals surface area contributed by atoms with Crippen molar-refractivity contribution < 1.29 is 0 Å². The molecular weight excluding hydrogens is 214 g/mol. The number of nitrogens with one attached hydrogen (secondary N) is 3. The summed E-state index contributed by atoms with van der Waals surface area (Å²) in [5.74, 6) is 0.837. The number of halogens is 1. The molecule has 0 unspecified atom stereocenters. The maximum Gasteiger partial charge on any atom is 0.154 e. The van der Waals surface area contributed by atoms with Crippen LogP contribution < -0.4 is 13.9 Å². The van der Waals surface area contributed by atoms with Crippen molar-refractivity contribution in [1.29, 1.82) is 0 Å². The van der Waals surface area contributed by atoms with Gasteiger partial charge in [-0.3, -0.25) is 0 Å². The maximum absolute atomic E-state index is 5.53. The third kappa shape index (κ3) is 9.04. The Labute approximate surface area is 77.4 Å². The van der Waals surface area contributed by atoms with E-state index in [0.29, 0.717) is 0 Å². The molecule has 3 N–H and O–H groups in total. The van der Waals surface area contributed by atoms with Crippen molar-refractivity contribution in [3.05, 3.63) is 0 Å². The highest BCUT2D eigenvalue weighted by Gasteiger charge is 1.86. The first-order valence-electron chi connectivity index (χ1n) is 3.54. The molecule has 0 radical (unpaired) electrons. The molecule has 3 nitrogen and oxygen atoms in total. The molecule has 0 heterocycles. The molecule has 0 fully saturated rings. The molecule has 8 heteroatoms. The molecule has 0 aromatic heterocycles. The summed E-state index contributed by atoms with van der Waals surface area (Å²) < 4.78 is 10.3. The van der Waals surface area contributed by atoms with Gasteiger partial charge in [0, 0.05) is 5.88 Å². The van der Waals surface area contributed by atoms with Crippen molar-refractivity contribution >= 4 is 51.4 Å². The average molecular weight is 230 g/mol. The van der Waals surface area contributed by atoms with Gasteiger partial charge in [-0.15, -0.1) is 11.6 Å². The van der Waals surface area contributed by atoms with Gasteiger partial charge in [0.1, 0.15) is 0 Å². The first-order valence-corrected chi connectivity index (χ1v) is 9.61. The van der Waals surface area contributed by atoms with E-state index in [1.54, 1.807) is 0 Å². The van der Waals surface area contributed by atoms with Crippen LogP contribution >= 0.6 is 11.6 Å². The van der Waals surface area contributed by atoms with E-state index in [1.165, 1.54) is 6.04 Å². The lowest BCUT2D eigenvalue weighted by Gasteiger charge is -2.02. The molecule has 0 bridgehead atoms. The van der Waals surface area contributed by atoms with Gasteiger partial charge in [-0.2, -0.15) is 0 Å². The van der Waals surface area contributed by atoms with Gasteiger partial charge in [0.15, 0.2) is 19.7 Å². The lowest BCUT2D eigenvalue weighted by Crippen LogP contribution is -2.42. The molecule has 0 aromatic rings. The summed E-state index contributed by atoms with van der Waals surface area (Å²) in [6.45, 7) is 0. The standard InChI is InChI=1S/C2H16ClN3Si4/c3-1-2-8-5-10-6-9-4-7/h4-6H,1-2,8-10H2,7H3. The monoisotopic (exact) mass is 229 g/mol. The van der Waals surface area contributed by atoms with E-state index in [-0.39, 0.29) is 29.4 Å².